The second kappa shape index (κ2) is 5.13. The molecular formula is C12H17N5O2. The predicted molar refractivity (Wildman–Crippen MR) is 69.2 cm³/mol. The standard InChI is InChI=1S/C12H17N5O2/c1-7-4-10(16-19-7)5-14-11(18)6-17-9(3)12(13)8(2)15-17/h4H,5-6,13H2,1-3H3,(H,14,18). The van der Waals surface area contributed by atoms with E-state index in [1.165, 1.54) is 0 Å². The molecule has 7 heteroatoms. The Labute approximate surface area is 110 Å². The van der Waals surface area contributed by atoms with Crippen LogP contribution in [0, 0.1) is 20.8 Å². The molecule has 1 amide bonds. The van der Waals surface area contributed by atoms with Gasteiger partial charge in [-0.2, -0.15) is 5.10 Å². The second-order valence-corrected chi connectivity index (χ2v) is 4.45. The van der Waals surface area contributed by atoms with Gasteiger partial charge in [-0.25, -0.2) is 0 Å². The number of aromatic nitrogens is 3. The van der Waals surface area contributed by atoms with Gasteiger partial charge in [-0.1, -0.05) is 5.16 Å². The minimum absolute atomic E-state index is 0.140. The van der Waals surface area contributed by atoms with Gasteiger partial charge in [-0.3, -0.25) is 9.48 Å². The van der Waals surface area contributed by atoms with Gasteiger partial charge in [0.15, 0.2) is 0 Å². The Morgan fingerprint density at radius 3 is 2.74 bits per heavy atom. The minimum atomic E-state index is -0.147. The Hall–Kier alpha value is -2.31. The number of nitrogens with one attached hydrogen (secondary N) is 1. The first-order valence-electron chi connectivity index (χ1n) is 5.95. The summed E-state index contributed by atoms with van der Waals surface area (Å²) in [6.45, 7) is 5.93. The second-order valence-electron chi connectivity index (χ2n) is 4.45. The van der Waals surface area contributed by atoms with E-state index in [-0.39, 0.29) is 12.5 Å². The van der Waals surface area contributed by atoms with E-state index >= 15 is 0 Å². The highest BCUT2D eigenvalue weighted by Gasteiger charge is 2.11. The summed E-state index contributed by atoms with van der Waals surface area (Å²) >= 11 is 0. The lowest BCUT2D eigenvalue weighted by molar-refractivity contribution is -0.122. The maximum atomic E-state index is 11.8. The van der Waals surface area contributed by atoms with E-state index in [0.717, 1.165) is 17.1 Å². The lowest BCUT2D eigenvalue weighted by atomic mass is 10.3. The number of nitrogens with two attached hydrogens (primary N) is 1. The van der Waals surface area contributed by atoms with E-state index in [1.54, 1.807) is 17.7 Å². The summed E-state index contributed by atoms with van der Waals surface area (Å²) in [5.74, 6) is 0.571. The normalized spacial score (nSPS) is 10.7. The van der Waals surface area contributed by atoms with Crippen LogP contribution in [0.2, 0.25) is 0 Å². The molecule has 2 heterocycles. The first kappa shape index (κ1) is 13.1. The van der Waals surface area contributed by atoms with Gasteiger partial charge in [0, 0.05) is 6.07 Å². The third-order valence-electron chi connectivity index (χ3n) is 2.87. The number of carbonyl (C=O) groups excluding carboxylic acids is 1. The van der Waals surface area contributed by atoms with E-state index in [1.807, 2.05) is 13.8 Å². The quantitative estimate of drug-likeness (QED) is 0.845. The molecule has 0 radical (unpaired) electrons. The van der Waals surface area contributed by atoms with Crippen LogP contribution in [0.15, 0.2) is 10.6 Å². The molecule has 0 saturated heterocycles. The maximum absolute atomic E-state index is 11.8. The van der Waals surface area contributed by atoms with Gasteiger partial charge >= 0.3 is 0 Å². The van der Waals surface area contributed by atoms with Crippen LogP contribution in [0.4, 0.5) is 5.69 Å². The predicted octanol–water partition coefficient (Wildman–Crippen LogP) is 0.695. The lowest BCUT2D eigenvalue weighted by Gasteiger charge is -2.05. The molecule has 3 N–H and O–H groups in total. The van der Waals surface area contributed by atoms with Gasteiger partial charge in [0.25, 0.3) is 0 Å². The first-order chi connectivity index (χ1) is 8.97. The smallest absolute Gasteiger partial charge is 0.242 e. The van der Waals surface area contributed by atoms with E-state index in [9.17, 15) is 4.79 Å². The molecule has 0 saturated carbocycles. The Morgan fingerprint density at radius 1 is 1.47 bits per heavy atom. The van der Waals surface area contributed by atoms with Crippen LogP contribution in [0.25, 0.3) is 0 Å². The third kappa shape index (κ3) is 2.93. The SMILES string of the molecule is Cc1cc(CNC(=O)Cn2nc(C)c(N)c2C)no1. The molecule has 2 aromatic rings. The lowest BCUT2D eigenvalue weighted by Crippen LogP contribution is -2.28. The highest BCUT2D eigenvalue weighted by Crippen LogP contribution is 2.14. The summed E-state index contributed by atoms with van der Waals surface area (Å²) in [6.07, 6.45) is 0. The first-order valence-corrected chi connectivity index (χ1v) is 5.95. The summed E-state index contributed by atoms with van der Waals surface area (Å²) in [6, 6.07) is 1.78. The maximum Gasteiger partial charge on any atom is 0.242 e. The van der Waals surface area contributed by atoms with Crippen LogP contribution in [0.5, 0.6) is 0 Å². The number of amides is 1. The van der Waals surface area contributed by atoms with E-state index in [4.69, 9.17) is 10.3 Å². The molecule has 2 aromatic heterocycles. The van der Waals surface area contributed by atoms with Crippen LogP contribution in [-0.4, -0.2) is 20.8 Å². The summed E-state index contributed by atoms with van der Waals surface area (Å²) in [5.41, 5.74) is 8.66. The van der Waals surface area contributed by atoms with Gasteiger partial charge in [0.2, 0.25) is 5.91 Å². The minimum Gasteiger partial charge on any atom is -0.396 e. The van der Waals surface area contributed by atoms with E-state index in [2.05, 4.69) is 15.6 Å². The molecule has 0 aliphatic heterocycles. The number of hydrogen-bond donors (Lipinski definition) is 2. The molecule has 102 valence electrons. The number of hydrogen-bond acceptors (Lipinski definition) is 5. The molecule has 0 aromatic carbocycles. The number of rotatable bonds is 4. The molecule has 0 spiro atoms. The third-order valence-corrected chi connectivity index (χ3v) is 2.87. The van der Waals surface area contributed by atoms with Crippen molar-refractivity contribution < 1.29 is 9.32 Å². The summed E-state index contributed by atoms with van der Waals surface area (Å²) in [5, 5.41) is 10.8. The van der Waals surface area contributed by atoms with Crippen molar-refractivity contribution >= 4 is 11.6 Å². The van der Waals surface area contributed by atoms with Gasteiger partial charge < -0.3 is 15.6 Å². The van der Waals surface area contributed by atoms with Crippen molar-refractivity contribution in [3.63, 3.8) is 0 Å². The number of anilines is 1. The van der Waals surface area contributed by atoms with Crippen molar-refractivity contribution in [1.82, 2.24) is 20.3 Å². The van der Waals surface area contributed by atoms with Crippen LogP contribution < -0.4 is 11.1 Å². The molecule has 0 aliphatic rings. The van der Waals surface area contributed by atoms with Crippen molar-refractivity contribution in [2.45, 2.75) is 33.9 Å². The zero-order chi connectivity index (χ0) is 14.0. The van der Waals surface area contributed by atoms with Gasteiger partial charge in [0.1, 0.15) is 18.0 Å². The Balaban J connectivity index is 1.92. The highest BCUT2D eigenvalue weighted by atomic mass is 16.5. The molecule has 19 heavy (non-hydrogen) atoms. The van der Waals surface area contributed by atoms with Gasteiger partial charge in [0.05, 0.1) is 23.6 Å². The van der Waals surface area contributed by atoms with Crippen LogP contribution in [0.1, 0.15) is 22.8 Å². The number of aryl methyl sites for hydroxylation is 2. The molecule has 0 atom stereocenters. The van der Waals surface area contributed by atoms with Crippen molar-refractivity contribution in [3.05, 3.63) is 28.9 Å². The van der Waals surface area contributed by atoms with Crippen molar-refractivity contribution in [2.75, 3.05) is 5.73 Å². The Morgan fingerprint density at radius 2 is 2.21 bits per heavy atom. The van der Waals surface area contributed by atoms with Crippen LogP contribution >= 0.6 is 0 Å². The highest BCUT2D eigenvalue weighted by molar-refractivity contribution is 5.75. The molecular weight excluding hydrogens is 246 g/mol. The number of nitrogen functional groups attached to an aromatic ring is 1. The van der Waals surface area contributed by atoms with Crippen LogP contribution in [-0.2, 0) is 17.9 Å². The fraction of sp³-hybridized carbons (Fsp3) is 0.417. The van der Waals surface area contributed by atoms with Crippen molar-refractivity contribution in [2.24, 2.45) is 0 Å². The van der Waals surface area contributed by atoms with E-state index < -0.39 is 0 Å². The molecule has 7 nitrogen and oxygen atoms in total. The molecule has 0 unspecified atom stereocenters. The van der Waals surface area contributed by atoms with Gasteiger partial charge in [-0.05, 0) is 20.8 Å². The fourth-order valence-electron chi connectivity index (χ4n) is 1.75. The molecule has 0 bridgehead atoms. The number of carbonyl (C=O) groups is 1. The zero-order valence-corrected chi connectivity index (χ0v) is 11.2. The Bertz CT molecular complexity index is 599. The molecule has 0 fully saturated rings. The Kier molecular flexibility index (Phi) is 3.55. The van der Waals surface area contributed by atoms with Gasteiger partial charge in [-0.15, -0.1) is 0 Å². The summed E-state index contributed by atoms with van der Waals surface area (Å²) in [4.78, 5) is 11.8. The largest absolute Gasteiger partial charge is 0.396 e. The topological polar surface area (TPSA) is 99.0 Å². The van der Waals surface area contributed by atoms with Crippen LogP contribution in [0.3, 0.4) is 0 Å². The average molecular weight is 263 g/mol. The van der Waals surface area contributed by atoms with Crippen molar-refractivity contribution in [3.8, 4) is 0 Å². The fourth-order valence-corrected chi connectivity index (χ4v) is 1.75. The average Bonchev–Trinajstić information content (AvgIpc) is 2.88. The summed E-state index contributed by atoms with van der Waals surface area (Å²) in [7, 11) is 0. The molecule has 0 aliphatic carbocycles. The zero-order valence-electron chi connectivity index (χ0n) is 11.2. The number of nitrogens with zero attached hydrogens (tertiary/aromatic N) is 3. The van der Waals surface area contributed by atoms with Crippen molar-refractivity contribution in [1.29, 1.82) is 0 Å². The summed E-state index contributed by atoms with van der Waals surface area (Å²) < 4.78 is 6.51. The monoisotopic (exact) mass is 263 g/mol. The van der Waals surface area contributed by atoms with E-state index in [0.29, 0.717) is 17.9 Å². The molecule has 2 rings (SSSR count).